The largest absolute Gasteiger partial charge is 0.442 e. The van der Waals surface area contributed by atoms with Gasteiger partial charge in [-0.1, -0.05) is 57.1 Å². The van der Waals surface area contributed by atoms with E-state index in [4.69, 9.17) is 28.4 Å². The molecular formula is C32H52F3N3O7S. The molecule has 0 atom stereocenters. The zero-order valence-corrected chi connectivity index (χ0v) is 27.8. The number of hydrogen-bond acceptors (Lipinski definition) is 10. The Kier molecular flexibility index (Phi) is 22.1. The summed E-state index contributed by atoms with van der Waals surface area (Å²) >= 11 is 4.24. The van der Waals surface area contributed by atoms with Gasteiger partial charge in [0.25, 0.3) is 5.91 Å². The van der Waals surface area contributed by atoms with E-state index in [1.54, 1.807) is 0 Å². The van der Waals surface area contributed by atoms with Crippen molar-refractivity contribution in [3.8, 4) is 0 Å². The minimum atomic E-state index is -4.60. The lowest BCUT2D eigenvalue weighted by Crippen LogP contribution is -2.30. The number of amides is 1. The molecule has 1 heterocycles. The number of ether oxygens (including phenoxy) is 6. The fraction of sp³-hybridized carbons (Fsp3) is 0.781. The number of carbonyl (C=O) groups is 1. The molecule has 264 valence electrons. The minimum absolute atomic E-state index is 0.121. The first kappa shape index (κ1) is 40.4. The van der Waals surface area contributed by atoms with Crippen molar-refractivity contribution in [1.29, 1.82) is 0 Å². The molecule has 0 spiro atoms. The van der Waals surface area contributed by atoms with E-state index in [0.717, 1.165) is 18.8 Å². The molecule has 2 rings (SSSR count). The quantitative estimate of drug-likeness (QED) is 0.0718. The van der Waals surface area contributed by atoms with Gasteiger partial charge in [-0.2, -0.15) is 25.8 Å². The number of benzene rings is 1. The van der Waals surface area contributed by atoms with Crippen molar-refractivity contribution in [3.63, 3.8) is 0 Å². The smallest absolute Gasteiger partial charge is 0.379 e. The lowest BCUT2D eigenvalue weighted by atomic mass is 10.0. The van der Waals surface area contributed by atoms with Crippen LogP contribution in [0.15, 0.2) is 34.5 Å². The lowest BCUT2D eigenvalue weighted by molar-refractivity contribution is -0.166. The second-order valence-corrected chi connectivity index (χ2v) is 11.2. The van der Waals surface area contributed by atoms with Crippen LogP contribution in [0.1, 0.15) is 73.7 Å². The first-order chi connectivity index (χ1) is 22.4. The Morgan fingerprint density at radius 3 is 1.41 bits per heavy atom. The SMILES string of the molecule is O=C(NCCOCCOCCOCCOCCOCCOCCCCCCCCCCCS)c1ccc(C2(C(F)(F)F)N=N2)cc1. The number of hydrogen-bond donors (Lipinski definition) is 2. The predicted octanol–water partition coefficient (Wildman–Crippen LogP) is 6.14. The maximum Gasteiger partial charge on any atom is 0.442 e. The Hall–Kier alpha value is -1.81. The van der Waals surface area contributed by atoms with E-state index < -0.39 is 17.7 Å². The molecule has 0 fully saturated rings. The molecule has 0 aliphatic carbocycles. The third kappa shape index (κ3) is 17.9. The van der Waals surface area contributed by atoms with Crippen LogP contribution in [0.5, 0.6) is 0 Å². The average Bonchev–Trinajstić information content (AvgIpc) is 3.87. The molecule has 1 aliphatic heterocycles. The second kappa shape index (κ2) is 25.2. The van der Waals surface area contributed by atoms with Gasteiger partial charge in [0.1, 0.15) is 0 Å². The number of thiol groups is 1. The van der Waals surface area contributed by atoms with E-state index >= 15 is 0 Å². The summed E-state index contributed by atoms with van der Waals surface area (Å²) in [6.45, 7) is 6.07. The monoisotopic (exact) mass is 679 g/mol. The van der Waals surface area contributed by atoms with E-state index in [1.807, 2.05) is 0 Å². The number of nitrogens with zero attached hydrogens (tertiary/aromatic N) is 2. The van der Waals surface area contributed by atoms with Crippen LogP contribution in [0.3, 0.4) is 0 Å². The molecule has 0 radical (unpaired) electrons. The van der Waals surface area contributed by atoms with Crippen LogP contribution in [0.4, 0.5) is 13.2 Å². The molecule has 0 saturated heterocycles. The summed E-state index contributed by atoms with van der Waals surface area (Å²) < 4.78 is 72.1. The zero-order chi connectivity index (χ0) is 33.2. The van der Waals surface area contributed by atoms with Crippen molar-refractivity contribution >= 4 is 18.5 Å². The third-order valence-electron chi connectivity index (χ3n) is 7.08. The summed E-state index contributed by atoms with van der Waals surface area (Å²) in [5.41, 5.74) is -2.38. The van der Waals surface area contributed by atoms with Crippen molar-refractivity contribution in [2.24, 2.45) is 10.2 Å². The molecule has 1 amide bonds. The molecule has 1 aliphatic rings. The van der Waals surface area contributed by atoms with Crippen molar-refractivity contribution < 1.29 is 46.4 Å². The molecule has 14 heteroatoms. The normalized spacial score (nSPS) is 13.7. The van der Waals surface area contributed by atoms with Crippen LogP contribution in [-0.4, -0.2) is 104 Å². The molecule has 1 aromatic rings. The van der Waals surface area contributed by atoms with Crippen LogP contribution in [0.2, 0.25) is 0 Å². The van der Waals surface area contributed by atoms with E-state index in [2.05, 4.69) is 28.2 Å². The van der Waals surface area contributed by atoms with E-state index in [0.29, 0.717) is 66.1 Å². The molecule has 0 aromatic heterocycles. The Balaban J connectivity index is 1.25. The van der Waals surface area contributed by atoms with Gasteiger partial charge in [-0.15, -0.1) is 10.2 Å². The number of halogens is 3. The highest BCUT2D eigenvalue weighted by molar-refractivity contribution is 7.80. The molecule has 1 aromatic carbocycles. The second-order valence-electron chi connectivity index (χ2n) is 10.8. The van der Waals surface area contributed by atoms with Crippen LogP contribution in [0.25, 0.3) is 0 Å². The maximum absolute atomic E-state index is 13.1. The van der Waals surface area contributed by atoms with Crippen molar-refractivity contribution in [1.82, 2.24) is 5.32 Å². The highest BCUT2D eigenvalue weighted by Crippen LogP contribution is 2.52. The Labute approximate surface area is 276 Å². The summed E-state index contributed by atoms with van der Waals surface area (Å²) in [5, 5.41) is 8.95. The van der Waals surface area contributed by atoms with Gasteiger partial charge < -0.3 is 33.7 Å². The van der Waals surface area contributed by atoms with Crippen LogP contribution in [-0.2, 0) is 34.1 Å². The van der Waals surface area contributed by atoms with Crippen molar-refractivity contribution in [2.75, 3.05) is 91.6 Å². The first-order valence-corrected chi connectivity index (χ1v) is 17.0. The highest BCUT2D eigenvalue weighted by atomic mass is 32.1. The van der Waals surface area contributed by atoms with Crippen LogP contribution < -0.4 is 5.32 Å². The topological polar surface area (TPSA) is 109 Å². The maximum atomic E-state index is 13.1. The standard InChI is InChI=1S/C32H52F3N3O7S/c33-32(34,35)31(37-38-31)29-12-10-28(11-13-29)30(39)36-14-16-41-18-20-43-22-24-45-26-25-44-23-21-42-19-17-40-15-8-6-4-2-1-3-5-7-9-27-46/h10-13,46H,1-9,14-27H2,(H,36,39). The van der Waals surface area contributed by atoms with Gasteiger partial charge in [-0.3, -0.25) is 4.79 Å². The fourth-order valence-corrected chi connectivity index (χ4v) is 4.61. The molecule has 0 bridgehead atoms. The summed E-state index contributed by atoms with van der Waals surface area (Å²) in [5.74, 6) is 0.593. The summed E-state index contributed by atoms with van der Waals surface area (Å²) in [6.07, 6.45) is 6.94. The molecule has 10 nitrogen and oxygen atoms in total. The highest BCUT2D eigenvalue weighted by Gasteiger charge is 2.65. The lowest BCUT2D eigenvalue weighted by Gasteiger charge is -2.15. The molecular weight excluding hydrogens is 627 g/mol. The summed E-state index contributed by atoms with van der Waals surface area (Å²) in [6, 6.07) is 5.05. The number of carbonyl (C=O) groups excluding carboxylic acids is 1. The van der Waals surface area contributed by atoms with Crippen molar-refractivity contribution in [3.05, 3.63) is 35.4 Å². The van der Waals surface area contributed by atoms with Crippen molar-refractivity contribution in [2.45, 2.75) is 69.6 Å². The van der Waals surface area contributed by atoms with E-state index in [9.17, 15) is 18.0 Å². The first-order valence-electron chi connectivity index (χ1n) is 16.4. The van der Waals surface area contributed by atoms with Crippen LogP contribution >= 0.6 is 12.6 Å². The number of alkyl halides is 3. The van der Waals surface area contributed by atoms with Gasteiger partial charge >= 0.3 is 11.8 Å². The predicted molar refractivity (Wildman–Crippen MR) is 172 cm³/mol. The van der Waals surface area contributed by atoms with E-state index in [1.165, 1.54) is 75.6 Å². The Bertz CT molecular complexity index is 937. The fourth-order valence-electron chi connectivity index (χ4n) is 4.39. The minimum Gasteiger partial charge on any atom is -0.379 e. The number of unbranched alkanes of at least 4 members (excludes halogenated alkanes) is 8. The zero-order valence-electron chi connectivity index (χ0n) is 26.9. The third-order valence-corrected chi connectivity index (χ3v) is 7.40. The number of rotatable bonds is 31. The van der Waals surface area contributed by atoms with Gasteiger partial charge in [-0.25, -0.2) is 0 Å². The van der Waals surface area contributed by atoms with Gasteiger partial charge in [0.05, 0.1) is 72.7 Å². The van der Waals surface area contributed by atoms with Gasteiger partial charge in [0.15, 0.2) is 0 Å². The Morgan fingerprint density at radius 2 is 1.00 bits per heavy atom. The van der Waals surface area contributed by atoms with Gasteiger partial charge in [0, 0.05) is 24.3 Å². The average molecular weight is 680 g/mol. The molecule has 1 N–H and O–H groups in total. The molecule has 46 heavy (non-hydrogen) atoms. The summed E-state index contributed by atoms with van der Waals surface area (Å²) in [7, 11) is 0. The summed E-state index contributed by atoms with van der Waals surface area (Å²) in [4.78, 5) is 12.2. The van der Waals surface area contributed by atoms with Crippen LogP contribution in [0, 0.1) is 0 Å². The van der Waals surface area contributed by atoms with Gasteiger partial charge in [-0.05, 0) is 30.7 Å². The molecule has 0 unspecified atom stereocenters. The van der Waals surface area contributed by atoms with Gasteiger partial charge in [0.2, 0.25) is 0 Å². The molecule has 0 saturated carbocycles. The number of nitrogens with one attached hydrogen (secondary N) is 1. The van der Waals surface area contributed by atoms with E-state index in [-0.39, 0.29) is 24.3 Å². The Morgan fingerprint density at radius 1 is 0.609 bits per heavy atom.